The third-order valence-electron chi connectivity index (χ3n) is 7.39. The van der Waals surface area contributed by atoms with Gasteiger partial charge in [-0.25, -0.2) is 4.68 Å². The normalized spacial score (nSPS) is 14.5. The van der Waals surface area contributed by atoms with E-state index in [-0.39, 0.29) is 18.4 Å². The van der Waals surface area contributed by atoms with Crippen LogP contribution in [-0.4, -0.2) is 70.1 Å². The van der Waals surface area contributed by atoms with Crippen LogP contribution in [0, 0.1) is 6.92 Å². The topological polar surface area (TPSA) is 92.6 Å². The minimum Gasteiger partial charge on any atom is -0.378 e. The van der Waals surface area contributed by atoms with Gasteiger partial charge in [0.1, 0.15) is 18.1 Å². The molecule has 0 bridgehead atoms. The van der Waals surface area contributed by atoms with Gasteiger partial charge in [-0.05, 0) is 69.5 Å². The first-order valence-electron chi connectivity index (χ1n) is 14.6. The first-order chi connectivity index (χ1) is 20.2. The molecule has 0 spiro atoms. The molecule has 3 aromatic carbocycles. The number of anilines is 1. The van der Waals surface area contributed by atoms with Crippen LogP contribution in [0.15, 0.2) is 72.8 Å². The maximum absolute atomic E-state index is 14.2. The summed E-state index contributed by atoms with van der Waals surface area (Å²) in [5.74, 6) is -0.424. The van der Waals surface area contributed by atoms with E-state index in [2.05, 4.69) is 45.7 Å². The van der Waals surface area contributed by atoms with E-state index in [4.69, 9.17) is 4.74 Å². The molecule has 2 heterocycles. The number of hydrogen-bond acceptors (Lipinski definition) is 6. The number of benzene rings is 3. The first-order valence-corrected chi connectivity index (χ1v) is 14.6. The number of amides is 2. The van der Waals surface area contributed by atoms with E-state index in [9.17, 15) is 9.59 Å². The fourth-order valence-corrected chi connectivity index (χ4v) is 5.37. The van der Waals surface area contributed by atoms with E-state index < -0.39 is 11.6 Å². The molecule has 9 heteroatoms. The maximum Gasteiger partial charge on any atom is 0.247 e. The van der Waals surface area contributed by atoms with Gasteiger partial charge in [0, 0.05) is 30.9 Å². The van der Waals surface area contributed by atoms with Gasteiger partial charge in [0.05, 0.1) is 18.7 Å². The van der Waals surface area contributed by atoms with Crippen molar-refractivity contribution < 1.29 is 14.3 Å². The summed E-state index contributed by atoms with van der Waals surface area (Å²) in [5.41, 5.74) is 5.11. The van der Waals surface area contributed by atoms with Gasteiger partial charge in [-0.1, -0.05) is 59.3 Å². The molecule has 1 fully saturated rings. The van der Waals surface area contributed by atoms with Crippen molar-refractivity contribution in [3.05, 3.63) is 89.5 Å². The first kappa shape index (κ1) is 29.3. The van der Waals surface area contributed by atoms with Crippen LogP contribution in [0.5, 0.6) is 0 Å². The number of aromatic nitrogens is 3. The molecule has 42 heavy (non-hydrogen) atoms. The molecule has 220 valence electrons. The Morgan fingerprint density at radius 1 is 1.00 bits per heavy atom. The van der Waals surface area contributed by atoms with Crippen molar-refractivity contribution in [3.8, 4) is 0 Å². The monoisotopic (exact) mass is 568 g/mol. The van der Waals surface area contributed by atoms with Gasteiger partial charge < -0.3 is 19.9 Å². The second-order valence-corrected chi connectivity index (χ2v) is 11.9. The Morgan fingerprint density at radius 3 is 2.45 bits per heavy atom. The molecule has 1 N–H and O–H groups in total. The van der Waals surface area contributed by atoms with E-state index in [0.717, 1.165) is 46.5 Å². The molecular weight excluding hydrogens is 528 g/mol. The number of rotatable bonds is 9. The Labute approximate surface area is 247 Å². The van der Waals surface area contributed by atoms with Gasteiger partial charge >= 0.3 is 0 Å². The van der Waals surface area contributed by atoms with Crippen molar-refractivity contribution in [1.29, 1.82) is 0 Å². The third kappa shape index (κ3) is 7.15. The summed E-state index contributed by atoms with van der Waals surface area (Å²) >= 11 is 0. The molecule has 0 unspecified atom stereocenters. The molecule has 1 saturated heterocycles. The predicted octanol–water partition coefficient (Wildman–Crippen LogP) is 4.30. The van der Waals surface area contributed by atoms with E-state index in [0.29, 0.717) is 26.2 Å². The molecule has 5 rings (SSSR count). The zero-order valence-corrected chi connectivity index (χ0v) is 24.9. The summed E-state index contributed by atoms with van der Waals surface area (Å²) < 4.78 is 7.12. The quantitative estimate of drug-likeness (QED) is 0.324. The van der Waals surface area contributed by atoms with Crippen molar-refractivity contribution >= 4 is 28.5 Å². The summed E-state index contributed by atoms with van der Waals surface area (Å²) in [6.07, 6.45) is 0.608. The van der Waals surface area contributed by atoms with Gasteiger partial charge in [0.15, 0.2) is 0 Å². The van der Waals surface area contributed by atoms with Crippen molar-refractivity contribution in [1.82, 2.24) is 25.2 Å². The largest absolute Gasteiger partial charge is 0.378 e. The lowest BCUT2D eigenvalue weighted by Gasteiger charge is -2.34. The van der Waals surface area contributed by atoms with E-state index >= 15 is 0 Å². The van der Waals surface area contributed by atoms with Crippen LogP contribution >= 0.6 is 0 Å². The standard InChI is InChI=1S/C33H40N6O3/c1-24-8-7-9-25(22-24)16-17-38(30(40)23-39-29-11-6-5-10-28(29)35-36-39)31(32(41)34-33(2,3)4)26-12-14-27(15-13-26)37-18-20-42-21-19-37/h5-15,22,31H,16-21,23H2,1-4H3,(H,34,41)/t31-/m1/s1. The maximum atomic E-state index is 14.2. The van der Waals surface area contributed by atoms with Crippen LogP contribution in [0.2, 0.25) is 0 Å². The lowest BCUT2D eigenvalue weighted by atomic mass is 10.00. The number of carbonyl (C=O) groups excluding carboxylic acids is 2. The Kier molecular flexibility index (Phi) is 8.87. The number of aryl methyl sites for hydroxylation is 1. The van der Waals surface area contributed by atoms with Crippen LogP contribution in [0.4, 0.5) is 5.69 Å². The van der Waals surface area contributed by atoms with E-state index in [1.54, 1.807) is 9.58 Å². The zero-order valence-electron chi connectivity index (χ0n) is 24.9. The highest BCUT2D eigenvalue weighted by Crippen LogP contribution is 2.27. The van der Waals surface area contributed by atoms with Crippen LogP contribution in [0.3, 0.4) is 0 Å². The molecule has 1 aliphatic heterocycles. The highest BCUT2D eigenvalue weighted by molar-refractivity contribution is 5.89. The number of nitrogens with zero attached hydrogens (tertiary/aromatic N) is 5. The van der Waals surface area contributed by atoms with Crippen LogP contribution in [0.25, 0.3) is 11.0 Å². The van der Waals surface area contributed by atoms with Gasteiger partial charge in [-0.15, -0.1) is 5.10 Å². The number of para-hydroxylation sites is 1. The number of fused-ring (bicyclic) bond motifs is 1. The molecular formula is C33H40N6O3. The van der Waals surface area contributed by atoms with Crippen molar-refractivity contribution in [2.75, 3.05) is 37.7 Å². The van der Waals surface area contributed by atoms with Gasteiger partial charge in [0.25, 0.3) is 0 Å². The molecule has 1 atom stereocenters. The molecule has 1 aliphatic rings. The molecule has 9 nitrogen and oxygen atoms in total. The molecule has 4 aromatic rings. The van der Waals surface area contributed by atoms with E-state index in [1.165, 1.54) is 0 Å². The highest BCUT2D eigenvalue weighted by atomic mass is 16.5. The summed E-state index contributed by atoms with van der Waals surface area (Å²) in [6.45, 7) is 11.3. The Balaban J connectivity index is 1.50. The highest BCUT2D eigenvalue weighted by Gasteiger charge is 2.33. The van der Waals surface area contributed by atoms with Gasteiger partial charge in [-0.3, -0.25) is 9.59 Å². The number of hydrogen-bond donors (Lipinski definition) is 1. The average molecular weight is 569 g/mol. The molecule has 0 radical (unpaired) electrons. The predicted molar refractivity (Wildman–Crippen MR) is 164 cm³/mol. The Bertz CT molecular complexity index is 1520. The number of nitrogens with one attached hydrogen (secondary N) is 1. The van der Waals surface area contributed by atoms with Crippen LogP contribution < -0.4 is 10.2 Å². The molecule has 0 aliphatic carbocycles. The lowest BCUT2D eigenvalue weighted by Crippen LogP contribution is -2.50. The second-order valence-electron chi connectivity index (χ2n) is 11.9. The Hall–Kier alpha value is -4.24. The molecule has 2 amide bonds. The third-order valence-corrected chi connectivity index (χ3v) is 7.39. The van der Waals surface area contributed by atoms with Gasteiger partial charge in [-0.2, -0.15) is 0 Å². The Morgan fingerprint density at radius 2 is 1.74 bits per heavy atom. The van der Waals surface area contributed by atoms with Crippen molar-refractivity contribution in [3.63, 3.8) is 0 Å². The average Bonchev–Trinajstić information content (AvgIpc) is 3.37. The number of carbonyl (C=O) groups is 2. The van der Waals surface area contributed by atoms with Gasteiger partial charge in [0.2, 0.25) is 11.8 Å². The smallest absolute Gasteiger partial charge is 0.247 e. The molecule has 0 saturated carbocycles. The number of ether oxygens (including phenoxy) is 1. The van der Waals surface area contributed by atoms with Crippen molar-refractivity contribution in [2.24, 2.45) is 0 Å². The van der Waals surface area contributed by atoms with E-state index in [1.807, 2.05) is 75.4 Å². The zero-order chi connectivity index (χ0) is 29.7. The summed E-state index contributed by atoms with van der Waals surface area (Å²) in [4.78, 5) is 32.2. The lowest BCUT2D eigenvalue weighted by molar-refractivity contribution is -0.142. The fraction of sp³-hybridized carbons (Fsp3) is 0.394. The molecule has 1 aromatic heterocycles. The number of morpholine rings is 1. The minimum absolute atomic E-state index is 0.0283. The van der Waals surface area contributed by atoms with Crippen LogP contribution in [-0.2, 0) is 27.3 Å². The summed E-state index contributed by atoms with van der Waals surface area (Å²) in [6, 6.07) is 23.0. The van der Waals surface area contributed by atoms with Crippen LogP contribution in [0.1, 0.15) is 43.5 Å². The summed E-state index contributed by atoms with van der Waals surface area (Å²) in [5, 5.41) is 11.6. The second kappa shape index (κ2) is 12.7. The van der Waals surface area contributed by atoms with Crippen molar-refractivity contribution in [2.45, 2.75) is 52.2 Å². The SMILES string of the molecule is Cc1cccc(CCN(C(=O)Cn2nnc3ccccc32)[C@@H](C(=O)NC(C)(C)C)c2ccc(N3CCOCC3)cc2)c1. The minimum atomic E-state index is -0.824. The summed E-state index contributed by atoms with van der Waals surface area (Å²) in [7, 11) is 0. The fourth-order valence-electron chi connectivity index (χ4n) is 5.37.